The largest absolute Gasteiger partial charge is 0.457 e. The molecule has 0 radical (unpaired) electrons. The molecule has 1 atom stereocenters. The van der Waals surface area contributed by atoms with Crippen LogP contribution in [0.4, 0.5) is 5.69 Å². The highest BCUT2D eigenvalue weighted by atomic mass is 16.5. The van der Waals surface area contributed by atoms with Gasteiger partial charge in [-0.25, -0.2) is 0 Å². The van der Waals surface area contributed by atoms with Crippen molar-refractivity contribution >= 4 is 23.3 Å². The first-order valence-corrected chi connectivity index (χ1v) is 11.2. The smallest absolute Gasteiger partial charge is 0.307 e. The molecule has 3 aromatic carbocycles. The number of carbonyl (C=O) groups is 3. The fraction of sp³-hybridized carbons (Fsp3) is 0.250. The predicted octanol–water partition coefficient (Wildman–Crippen LogP) is 5.94. The van der Waals surface area contributed by atoms with Crippen molar-refractivity contribution in [1.82, 2.24) is 0 Å². The summed E-state index contributed by atoms with van der Waals surface area (Å²) in [6.07, 6.45) is -1.08. The molecule has 0 aromatic heterocycles. The third kappa shape index (κ3) is 6.78. The van der Waals surface area contributed by atoms with Gasteiger partial charge >= 0.3 is 5.97 Å². The van der Waals surface area contributed by atoms with E-state index in [1.165, 1.54) is 6.92 Å². The Balaban J connectivity index is 1.45. The number of hydrogen-bond donors (Lipinski definition) is 1. The van der Waals surface area contributed by atoms with Crippen LogP contribution in [0.3, 0.4) is 0 Å². The van der Waals surface area contributed by atoms with Crippen LogP contribution < -0.4 is 10.1 Å². The highest BCUT2D eigenvalue weighted by Crippen LogP contribution is 2.29. The quantitative estimate of drug-likeness (QED) is 0.316. The zero-order valence-corrected chi connectivity index (χ0v) is 19.9. The molecule has 1 N–H and O–H groups in total. The lowest BCUT2D eigenvalue weighted by molar-refractivity contribution is -0.147. The highest BCUT2D eigenvalue weighted by molar-refractivity contribution is 6.00. The summed E-state index contributed by atoms with van der Waals surface area (Å²) in [7, 11) is 0. The second kappa shape index (κ2) is 11.3. The molecular weight excluding hydrogens is 430 g/mol. The topological polar surface area (TPSA) is 81.7 Å². The number of esters is 1. The molecule has 0 bridgehead atoms. The van der Waals surface area contributed by atoms with Crippen molar-refractivity contribution in [2.75, 3.05) is 5.32 Å². The van der Waals surface area contributed by atoms with Gasteiger partial charge in [-0.05, 0) is 63.1 Å². The fourth-order valence-electron chi connectivity index (χ4n) is 3.39. The van der Waals surface area contributed by atoms with Gasteiger partial charge in [-0.1, -0.05) is 48.0 Å². The molecule has 34 heavy (non-hydrogen) atoms. The number of aryl methyl sites for hydroxylation is 3. The Morgan fingerprint density at radius 1 is 0.824 bits per heavy atom. The minimum absolute atomic E-state index is 0.0507. The number of ketones is 1. The SMILES string of the molecule is Cc1ccc(C(=O)C(C)OC(=O)CCC(=O)Nc2ccc(Oc3c(C)cccc3C)cc2)cc1. The van der Waals surface area contributed by atoms with Gasteiger partial charge in [0.2, 0.25) is 11.7 Å². The molecule has 0 spiro atoms. The van der Waals surface area contributed by atoms with E-state index in [0.29, 0.717) is 17.0 Å². The maximum atomic E-state index is 12.4. The Morgan fingerprint density at radius 3 is 2.06 bits per heavy atom. The van der Waals surface area contributed by atoms with Crippen molar-refractivity contribution in [2.24, 2.45) is 0 Å². The summed E-state index contributed by atoms with van der Waals surface area (Å²) in [4.78, 5) is 36.7. The van der Waals surface area contributed by atoms with Gasteiger partial charge in [-0.2, -0.15) is 0 Å². The van der Waals surface area contributed by atoms with E-state index >= 15 is 0 Å². The Hall–Kier alpha value is -3.93. The zero-order valence-electron chi connectivity index (χ0n) is 19.9. The molecule has 6 heteroatoms. The molecule has 0 heterocycles. The number of amides is 1. The van der Waals surface area contributed by atoms with E-state index in [2.05, 4.69) is 5.32 Å². The van der Waals surface area contributed by atoms with Gasteiger partial charge in [0.25, 0.3) is 0 Å². The van der Waals surface area contributed by atoms with Crippen molar-refractivity contribution in [3.8, 4) is 11.5 Å². The molecule has 3 rings (SSSR count). The van der Waals surface area contributed by atoms with Gasteiger partial charge in [-0.15, -0.1) is 0 Å². The lowest BCUT2D eigenvalue weighted by Gasteiger charge is -2.13. The van der Waals surface area contributed by atoms with E-state index in [1.54, 1.807) is 36.4 Å². The normalized spacial score (nSPS) is 11.4. The number of nitrogens with one attached hydrogen (secondary N) is 1. The van der Waals surface area contributed by atoms with Crippen LogP contribution >= 0.6 is 0 Å². The minimum Gasteiger partial charge on any atom is -0.457 e. The molecule has 0 aliphatic rings. The highest BCUT2D eigenvalue weighted by Gasteiger charge is 2.20. The molecule has 0 saturated carbocycles. The lowest BCUT2D eigenvalue weighted by Crippen LogP contribution is -2.25. The summed E-state index contributed by atoms with van der Waals surface area (Å²) in [5.41, 5.74) is 4.19. The van der Waals surface area contributed by atoms with Crippen molar-refractivity contribution in [3.05, 3.63) is 89.0 Å². The van der Waals surface area contributed by atoms with E-state index in [4.69, 9.17) is 9.47 Å². The van der Waals surface area contributed by atoms with Gasteiger partial charge < -0.3 is 14.8 Å². The van der Waals surface area contributed by atoms with E-state index in [-0.39, 0.29) is 24.5 Å². The van der Waals surface area contributed by atoms with Crippen molar-refractivity contribution < 1.29 is 23.9 Å². The molecule has 1 unspecified atom stereocenters. The minimum atomic E-state index is -0.914. The summed E-state index contributed by atoms with van der Waals surface area (Å²) in [5, 5.41) is 2.75. The Kier molecular flexibility index (Phi) is 8.19. The first-order valence-electron chi connectivity index (χ1n) is 11.2. The van der Waals surface area contributed by atoms with E-state index in [1.807, 2.05) is 51.1 Å². The standard InChI is InChI=1S/C28H29NO5/c1-18-8-10-22(11-9-18)27(32)21(4)33-26(31)17-16-25(30)29-23-12-14-24(15-13-23)34-28-19(2)6-5-7-20(28)3/h5-15,21H,16-17H2,1-4H3,(H,29,30). The van der Waals surface area contributed by atoms with Gasteiger partial charge in [0, 0.05) is 17.7 Å². The maximum Gasteiger partial charge on any atom is 0.307 e. The first-order chi connectivity index (χ1) is 16.2. The summed E-state index contributed by atoms with van der Waals surface area (Å²) >= 11 is 0. The van der Waals surface area contributed by atoms with Crippen LogP contribution in [0.2, 0.25) is 0 Å². The number of anilines is 1. The lowest BCUT2D eigenvalue weighted by atomic mass is 10.1. The molecule has 0 fully saturated rings. The van der Waals surface area contributed by atoms with Crippen molar-refractivity contribution in [1.29, 1.82) is 0 Å². The van der Waals surface area contributed by atoms with Crippen molar-refractivity contribution in [2.45, 2.75) is 46.6 Å². The number of rotatable bonds is 9. The zero-order chi connectivity index (χ0) is 24.7. The molecule has 3 aromatic rings. The molecule has 6 nitrogen and oxygen atoms in total. The average molecular weight is 460 g/mol. The predicted molar refractivity (Wildman–Crippen MR) is 131 cm³/mol. The Bertz CT molecular complexity index is 1150. The van der Waals surface area contributed by atoms with Crippen LogP contribution in [0.1, 0.15) is 46.8 Å². The molecular formula is C28H29NO5. The number of benzene rings is 3. The molecule has 0 aliphatic carbocycles. The fourth-order valence-corrected chi connectivity index (χ4v) is 3.39. The van der Waals surface area contributed by atoms with Crippen LogP contribution in [-0.4, -0.2) is 23.8 Å². The summed E-state index contributed by atoms with van der Waals surface area (Å²) in [6, 6.07) is 20.0. The van der Waals surface area contributed by atoms with Crippen LogP contribution in [-0.2, 0) is 14.3 Å². The van der Waals surface area contributed by atoms with E-state index in [9.17, 15) is 14.4 Å². The molecule has 0 aliphatic heterocycles. The average Bonchev–Trinajstić information content (AvgIpc) is 2.81. The third-order valence-electron chi connectivity index (χ3n) is 5.34. The van der Waals surface area contributed by atoms with Crippen LogP contribution in [0.25, 0.3) is 0 Å². The van der Waals surface area contributed by atoms with Crippen LogP contribution in [0.5, 0.6) is 11.5 Å². The van der Waals surface area contributed by atoms with Gasteiger partial charge in [0.15, 0.2) is 6.10 Å². The van der Waals surface area contributed by atoms with Gasteiger partial charge in [0.05, 0.1) is 6.42 Å². The second-order valence-electron chi connectivity index (χ2n) is 8.26. The van der Waals surface area contributed by atoms with E-state index in [0.717, 1.165) is 22.4 Å². The summed E-state index contributed by atoms with van der Waals surface area (Å²) in [5.74, 6) is 0.276. The van der Waals surface area contributed by atoms with Crippen LogP contribution in [0, 0.1) is 20.8 Å². The summed E-state index contributed by atoms with van der Waals surface area (Å²) in [6.45, 7) is 7.43. The number of para-hydroxylation sites is 1. The number of carbonyl (C=O) groups excluding carboxylic acids is 3. The maximum absolute atomic E-state index is 12.4. The number of Topliss-reactive ketones (excluding diaryl/α,β-unsaturated/α-hetero) is 1. The number of ether oxygens (including phenoxy) is 2. The monoisotopic (exact) mass is 459 g/mol. The Morgan fingerprint density at radius 2 is 1.44 bits per heavy atom. The first kappa shape index (κ1) is 24.7. The second-order valence-corrected chi connectivity index (χ2v) is 8.26. The Labute approximate surface area is 199 Å². The molecule has 0 saturated heterocycles. The van der Waals surface area contributed by atoms with E-state index < -0.39 is 12.1 Å². The number of hydrogen-bond acceptors (Lipinski definition) is 5. The molecule has 1 amide bonds. The van der Waals surface area contributed by atoms with Gasteiger partial charge in [0.1, 0.15) is 11.5 Å². The third-order valence-corrected chi connectivity index (χ3v) is 5.34. The van der Waals surface area contributed by atoms with Crippen molar-refractivity contribution in [3.63, 3.8) is 0 Å². The molecule has 176 valence electrons. The van der Waals surface area contributed by atoms with Crippen LogP contribution in [0.15, 0.2) is 66.7 Å². The summed E-state index contributed by atoms with van der Waals surface area (Å²) < 4.78 is 11.2. The van der Waals surface area contributed by atoms with Gasteiger partial charge in [-0.3, -0.25) is 14.4 Å².